The lowest BCUT2D eigenvalue weighted by Gasteiger charge is -2.26. The molecule has 0 aromatic heterocycles. The molecule has 1 saturated carbocycles. The highest BCUT2D eigenvalue weighted by atomic mass is 16.5. The fourth-order valence-corrected chi connectivity index (χ4v) is 1.47. The summed E-state index contributed by atoms with van der Waals surface area (Å²) in [4.78, 5) is 0. The maximum absolute atomic E-state index is 5.56. The van der Waals surface area contributed by atoms with Crippen molar-refractivity contribution in [1.82, 2.24) is 5.32 Å². The van der Waals surface area contributed by atoms with Crippen LogP contribution in [0.2, 0.25) is 0 Å². The van der Waals surface area contributed by atoms with Crippen LogP contribution in [-0.2, 0) is 4.74 Å². The van der Waals surface area contributed by atoms with Gasteiger partial charge in [0.05, 0.1) is 12.7 Å². The number of fused-ring (bicyclic) bond motifs is 1. The van der Waals surface area contributed by atoms with E-state index in [0.29, 0.717) is 24.1 Å². The first kappa shape index (κ1) is 6.62. The second-order valence-electron chi connectivity index (χ2n) is 3.73. The van der Waals surface area contributed by atoms with Crippen LogP contribution in [0.25, 0.3) is 0 Å². The van der Waals surface area contributed by atoms with Gasteiger partial charge in [-0.2, -0.15) is 0 Å². The molecule has 3 unspecified atom stereocenters. The molecule has 1 saturated heterocycles. The number of ether oxygens (including phenoxy) is 1. The van der Waals surface area contributed by atoms with Gasteiger partial charge in [-0.25, -0.2) is 0 Å². The normalized spacial score (nSPS) is 45.3. The summed E-state index contributed by atoms with van der Waals surface area (Å²) in [6, 6.07) is 1.30. The first-order chi connectivity index (χ1) is 4.77. The van der Waals surface area contributed by atoms with Gasteiger partial charge in [-0.05, 0) is 12.3 Å². The Labute approximate surface area is 61.9 Å². The molecule has 2 aliphatic rings. The van der Waals surface area contributed by atoms with Crippen molar-refractivity contribution in [2.24, 2.45) is 5.92 Å². The topological polar surface area (TPSA) is 21.3 Å². The zero-order valence-corrected chi connectivity index (χ0v) is 6.63. The molecule has 0 aromatic carbocycles. The molecule has 2 heteroatoms. The van der Waals surface area contributed by atoms with Crippen molar-refractivity contribution in [3.8, 4) is 0 Å². The Morgan fingerprint density at radius 2 is 2.30 bits per heavy atom. The van der Waals surface area contributed by atoms with Crippen LogP contribution in [0, 0.1) is 5.92 Å². The Hall–Kier alpha value is -0.0800. The van der Waals surface area contributed by atoms with Gasteiger partial charge in [0.1, 0.15) is 0 Å². The van der Waals surface area contributed by atoms with E-state index in [4.69, 9.17) is 4.74 Å². The van der Waals surface area contributed by atoms with Crippen LogP contribution in [0.3, 0.4) is 0 Å². The van der Waals surface area contributed by atoms with E-state index in [2.05, 4.69) is 19.2 Å². The zero-order chi connectivity index (χ0) is 7.14. The minimum absolute atomic E-state index is 0.565. The second-order valence-corrected chi connectivity index (χ2v) is 3.73. The molecule has 0 amide bonds. The molecule has 1 aliphatic carbocycles. The summed E-state index contributed by atoms with van der Waals surface area (Å²) in [5, 5.41) is 3.56. The van der Waals surface area contributed by atoms with Crippen molar-refractivity contribution in [2.75, 3.05) is 6.61 Å². The Balaban J connectivity index is 1.88. The minimum atomic E-state index is 0.565. The maximum atomic E-state index is 5.56. The molecule has 1 N–H and O–H groups in total. The summed E-state index contributed by atoms with van der Waals surface area (Å²) >= 11 is 0. The van der Waals surface area contributed by atoms with Gasteiger partial charge in [-0.1, -0.05) is 13.8 Å². The highest BCUT2D eigenvalue weighted by Gasteiger charge is 2.43. The molecule has 2 rings (SSSR count). The molecule has 1 heterocycles. The summed E-state index contributed by atoms with van der Waals surface area (Å²) in [6.45, 7) is 5.40. The van der Waals surface area contributed by atoms with Crippen LogP contribution in [-0.4, -0.2) is 24.8 Å². The van der Waals surface area contributed by atoms with Crippen LogP contribution < -0.4 is 5.32 Å². The Morgan fingerprint density at radius 1 is 1.50 bits per heavy atom. The average Bonchev–Trinajstić information content (AvgIpc) is 2.63. The van der Waals surface area contributed by atoms with Crippen LogP contribution >= 0.6 is 0 Å². The summed E-state index contributed by atoms with van der Waals surface area (Å²) in [5.41, 5.74) is 0. The number of rotatable bonds is 1. The maximum Gasteiger partial charge on any atom is 0.0745 e. The smallest absolute Gasteiger partial charge is 0.0745 e. The number of hydrogen-bond acceptors (Lipinski definition) is 2. The molecule has 0 bridgehead atoms. The van der Waals surface area contributed by atoms with E-state index >= 15 is 0 Å². The first-order valence-electron chi connectivity index (χ1n) is 4.15. The molecule has 58 valence electrons. The third kappa shape index (κ3) is 1.06. The fraction of sp³-hybridized carbons (Fsp3) is 1.00. The Bertz CT molecular complexity index is 135. The lowest BCUT2D eigenvalue weighted by atomic mass is 10.1. The van der Waals surface area contributed by atoms with Crippen molar-refractivity contribution >= 4 is 0 Å². The van der Waals surface area contributed by atoms with Gasteiger partial charge in [0.25, 0.3) is 0 Å². The minimum Gasteiger partial charge on any atom is -0.375 e. The van der Waals surface area contributed by atoms with E-state index in [1.807, 2.05) is 0 Å². The van der Waals surface area contributed by atoms with Gasteiger partial charge in [-0.3, -0.25) is 0 Å². The molecule has 2 fully saturated rings. The molecule has 1 aliphatic heterocycles. The third-order valence-electron chi connectivity index (χ3n) is 2.45. The van der Waals surface area contributed by atoms with E-state index < -0.39 is 0 Å². The highest BCUT2D eigenvalue weighted by Crippen LogP contribution is 2.30. The van der Waals surface area contributed by atoms with Gasteiger partial charge < -0.3 is 10.1 Å². The molecular weight excluding hydrogens is 126 g/mol. The second kappa shape index (κ2) is 2.21. The summed E-state index contributed by atoms with van der Waals surface area (Å²) in [7, 11) is 0. The first-order valence-corrected chi connectivity index (χ1v) is 4.15. The van der Waals surface area contributed by atoms with Crippen molar-refractivity contribution in [3.63, 3.8) is 0 Å². The molecule has 0 radical (unpaired) electrons. The molecule has 0 aromatic rings. The lowest BCUT2D eigenvalue weighted by molar-refractivity contribution is 0.0503. The third-order valence-corrected chi connectivity index (χ3v) is 2.45. The van der Waals surface area contributed by atoms with Crippen molar-refractivity contribution in [1.29, 1.82) is 0 Å². The van der Waals surface area contributed by atoms with Crippen LogP contribution in [0.5, 0.6) is 0 Å². The van der Waals surface area contributed by atoms with Crippen molar-refractivity contribution in [2.45, 2.75) is 38.5 Å². The lowest BCUT2D eigenvalue weighted by Crippen LogP contribution is -2.44. The molecule has 3 atom stereocenters. The predicted molar refractivity (Wildman–Crippen MR) is 39.9 cm³/mol. The summed E-state index contributed by atoms with van der Waals surface area (Å²) < 4.78 is 5.56. The SMILES string of the molecule is CC(C)C1COC2CC2N1. The van der Waals surface area contributed by atoms with Gasteiger partial charge in [0.15, 0.2) is 0 Å². The van der Waals surface area contributed by atoms with Gasteiger partial charge >= 0.3 is 0 Å². The average molecular weight is 141 g/mol. The van der Waals surface area contributed by atoms with E-state index in [1.165, 1.54) is 6.42 Å². The Morgan fingerprint density at radius 3 is 2.90 bits per heavy atom. The molecular formula is C8H15NO. The van der Waals surface area contributed by atoms with E-state index in [9.17, 15) is 0 Å². The number of morpholine rings is 1. The van der Waals surface area contributed by atoms with Crippen molar-refractivity contribution < 1.29 is 4.74 Å². The van der Waals surface area contributed by atoms with E-state index in [0.717, 1.165) is 6.61 Å². The van der Waals surface area contributed by atoms with Gasteiger partial charge in [0, 0.05) is 12.1 Å². The zero-order valence-electron chi connectivity index (χ0n) is 6.63. The summed E-state index contributed by atoms with van der Waals surface area (Å²) in [6.07, 6.45) is 1.80. The largest absolute Gasteiger partial charge is 0.375 e. The van der Waals surface area contributed by atoms with Crippen LogP contribution in [0.4, 0.5) is 0 Å². The monoisotopic (exact) mass is 141 g/mol. The molecule has 2 nitrogen and oxygen atoms in total. The highest BCUT2D eigenvalue weighted by molar-refractivity contribution is 5.00. The quantitative estimate of drug-likeness (QED) is 0.582. The molecule has 0 spiro atoms. The van der Waals surface area contributed by atoms with Gasteiger partial charge in [-0.15, -0.1) is 0 Å². The molecule has 10 heavy (non-hydrogen) atoms. The summed E-state index contributed by atoms with van der Waals surface area (Å²) in [5.74, 6) is 0.710. The van der Waals surface area contributed by atoms with Gasteiger partial charge in [0.2, 0.25) is 0 Å². The van der Waals surface area contributed by atoms with E-state index in [1.54, 1.807) is 0 Å². The van der Waals surface area contributed by atoms with Crippen molar-refractivity contribution in [3.05, 3.63) is 0 Å². The Kier molecular flexibility index (Phi) is 1.46. The van der Waals surface area contributed by atoms with Crippen LogP contribution in [0.1, 0.15) is 20.3 Å². The predicted octanol–water partition coefficient (Wildman–Crippen LogP) is 0.772. The van der Waals surface area contributed by atoms with Crippen LogP contribution in [0.15, 0.2) is 0 Å². The number of hydrogen-bond donors (Lipinski definition) is 1. The van der Waals surface area contributed by atoms with E-state index in [-0.39, 0.29) is 0 Å². The fourth-order valence-electron chi connectivity index (χ4n) is 1.47. The number of nitrogens with one attached hydrogen (secondary N) is 1. The standard InChI is InChI=1S/C8H15NO/c1-5(2)7-4-10-8-3-6(8)9-7/h5-9H,3-4H2,1-2H3.